The predicted octanol–water partition coefficient (Wildman–Crippen LogP) is 3.65. The molecule has 0 spiro atoms. The maximum atomic E-state index is 14.2. The van der Waals surface area contributed by atoms with Gasteiger partial charge >= 0.3 is 6.09 Å². The molecule has 1 aromatic heterocycles. The molecule has 4 N–H and O–H groups in total. The van der Waals surface area contributed by atoms with E-state index in [9.17, 15) is 22.0 Å². The van der Waals surface area contributed by atoms with Gasteiger partial charge < -0.3 is 15.4 Å². The molecule has 2 saturated carbocycles. The van der Waals surface area contributed by atoms with Gasteiger partial charge in [0.1, 0.15) is 18.1 Å². The Balaban J connectivity index is 1.30. The van der Waals surface area contributed by atoms with Gasteiger partial charge in [0.25, 0.3) is 0 Å². The first-order chi connectivity index (χ1) is 16.2. The average molecular weight is 496 g/mol. The molecule has 9 nitrogen and oxygen atoms in total. The highest BCUT2D eigenvalue weighted by Gasteiger charge is 2.31. The molecule has 2 fully saturated rings. The van der Waals surface area contributed by atoms with Crippen molar-refractivity contribution in [2.24, 2.45) is 5.14 Å². The second kappa shape index (κ2) is 10.2. The zero-order valence-electron chi connectivity index (χ0n) is 18.4. The number of halogens is 2. The molecule has 1 heterocycles. The van der Waals surface area contributed by atoms with Crippen molar-refractivity contribution in [3.05, 3.63) is 42.0 Å². The first-order valence-electron chi connectivity index (χ1n) is 11.2. The number of benzene rings is 1. The number of ether oxygens (including phenoxy) is 1. The summed E-state index contributed by atoms with van der Waals surface area (Å²) in [5, 5.41) is 10.4. The van der Waals surface area contributed by atoms with Crippen molar-refractivity contribution in [3.8, 4) is 0 Å². The number of nitrogens with two attached hydrogens (primary N) is 1. The minimum Gasteiger partial charge on any atom is -0.446 e. The Bertz CT molecular complexity index is 1130. The molecule has 0 saturated heterocycles. The Hall–Kier alpha value is -2.86. The largest absolute Gasteiger partial charge is 0.446 e. The molecule has 184 valence electrons. The van der Waals surface area contributed by atoms with E-state index < -0.39 is 34.1 Å². The standard InChI is InChI=1S/C22H27F2N5O4S/c23-17-3-1-2-4-19(17)29-22(30)33-15-6-5-13(9-15)14-11-26-21(27-12-14)28-20-8-7-16(10-18(20)24)34(25,31)32/h7-8,10-13,15,17,19H,1-6,9H2,(H,29,30)(H2,25,31,32)(H,26,27,28)/t13-,15+,17-,19+/m1/s1. The monoisotopic (exact) mass is 495 g/mol. The Labute approximate surface area is 196 Å². The number of anilines is 2. The third kappa shape index (κ3) is 5.98. The summed E-state index contributed by atoms with van der Waals surface area (Å²) in [5.41, 5.74) is 0.868. The van der Waals surface area contributed by atoms with E-state index in [1.165, 1.54) is 12.1 Å². The van der Waals surface area contributed by atoms with Crippen LogP contribution in [0.5, 0.6) is 0 Å². The molecule has 0 bridgehead atoms. The lowest BCUT2D eigenvalue weighted by Gasteiger charge is -2.26. The fourth-order valence-corrected chi connectivity index (χ4v) is 4.97. The van der Waals surface area contributed by atoms with Crippen LogP contribution < -0.4 is 15.8 Å². The number of sulfonamides is 1. The highest BCUT2D eigenvalue weighted by molar-refractivity contribution is 7.89. The highest BCUT2D eigenvalue weighted by atomic mass is 32.2. The van der Waals surface area contributed by atoms with Crippen molar-refractivity contribution >= 4 is 27.8 Å². The van der Waals surface area contributed by atoms with Crippen molar-refractivity contribution in [2.45, 2.75) is 74.1 Å². The number of hydrogen-bond acceptors (Lipinski definition) is 7. The van der Waals surface area contributed by atoms with Crippen LogP contribution in [0, 0.1) is 5.82 Å². The highest BCUT2D eigenvalue weighted by Crippen LogP contribution is 2.36. The van der Waals surface area contributed by atoms with Gasteiger partial charge in [-0.1, -0.05) is 12.8 Å². The Morgan fingerprint density at radius 2 is 1.85 bits per heavy atom. The molecular weight excluding hydrogens is 468 g/mol. The molecule has 0 aliphatic heterocycles. The average Bonchev–Trinajstić information content (AvgIpc) is 3.25. The summed E-state index contributed by atoms with van der Waals surface area (Å²) in [6.07, 6.45) is 6.28. The van der Waals surface area contributed by atoms with E-state index in [-0.39, 0.29) is 28.6 Å². The fraction of sp³-hybridized carbons (Fsp3) is 0.500. The lowest BCUT2D eigenvalue weighted by molar-refractivity contribution is 0.0874. The zero-order chi connectivity index (χ0) is 24.3. The summed E-state index contributed by atoms with van der Waals surface area (Å²) in [6, 6.07) is 2.77. The maximum absolute atomic E-state index is 14.2. The lowest BCUT2D eigenvalue weighted by atomic mass is 9.94. The first-order valence-corrected chi connectivity index (χ1v) is 12.8. The molecule has 0 unspecified atom stereocenters. The van der Waals surface area contributed by atoms with Crippen molar-refractivity contribution < 1.29 is 26.7 Å². The van der Waals surface area contributed by atoms with Crippen LogP contribution in [-0.4, -0.2) is 42.8 Å². The summed E-state index contributed by atoms with van der Waals surface area (Å²) in [4.78, 5) is 20.3. The van der Waals surface area contributed by atoms with E-state index in [0.717, 1.165) is 30.9 Å². The molecule has 1 amide bonds. The van der Waals surface area contributed by atoms with Gasteiger partial charge in [-0.05, 0) is 61.8 Å². The van der Waals surface area contributed by atoms with Crippen molar-refractivity contribution in [2.75, 3.05) is 5.32 Å². The summed E-state index contributed by atoms with van der Waals surface area (Å²) < 4.78 is 56.3. The lowest BCUT2D eigenvalue weighted by Crippen LogP contribution is -2.44. The first kappa shape index (κ1) is 24.3. The van der Waals surface area contributed by atoms with E-state index in [0.29, 0.717) is 25.7 Å². The topological polar surface area (TPSA) is 136 Å². The number of amides is 1. The second-order valence-electron chi connectivity index (χ2n) is 8.74. The van der Waals surface area contributed by atoms with E-state index in [2.05, 4.69) is 20.6 Å². The van der Waals surface area contributed by atoms with E-state index in [4.69, 9.17) is 9.88 Å². The minimum atomic E-state index is -4.00. The normalized spacial score (nSPS) is 25.0. The number of carbonyl (C=O) groups is 1. The zero-order valence-corrected chi connectivity index (χ0v) is 19.2. The number of alkyl halides is 1. The van der Waals surface area contributed by atoms with Crippen LogP contribution >= 0.6 is 0 Å². The molecule has 2 aliphatic rings. The molecule has 12 heteroatoms. The van der Waals surface area contributed by atoms with Gasteiger partial charge in [0.05, 0.1) is 16.6 Å². The molecule has 1 aromatic carbocycles. The van der Waals surface area contributed by atoms with E-state index >= 15 is 0 Å². The molecule has 2 aliphatic carbocycles. The molecule has 4 rings (SSSR count). The van der Waals surface area contributed by atoms with Gasteiger partial charge in [0.2, 0.25) is 16.0 Å². The molecular formula is C22H27F2N5O4S. The van der Waals surface area contributed by atoms with Crippen molar-refractivity contribution in [3.63, 3.8) is 0 Å². The van der Waals surface area contributed by atoms with Crippen LogP contribution in [0.2, 0.25) is 0 Å². The van der Waals surface area contributed by atoms with Gasteiger partial charge in [0.15, 0.2) is 0 Å². The van der Waals surface area contributed by atoms with Crippen LogP contribution in [0.3, 0.4) is 0 Å². The molecule has 2 aromatic rings. The fourth-order valence-electron chi connectivity index (χ4n) is 4.44. The van der Waals surface area contributed by atoms with E-state index in [1.807, 2.05) is 0 Å². The number of nitrogens with one attached hydrogen (secondary N) is 2. The number of hydrogen-bond donors (Lipinski definition) is 3. The number of carbonyl (C=O) groups excluding carboxylic acids is 1. The van der Waals surface area contributed by atoms with E-state index in [1.54, 1.807) is 12.4 Å². The third-order valence-electron chi connectivity index (χ3n) is 6.30. The van der Waals surface area contributed by atoms with Crippen LogP contribution in [-0.2, 0) is 14.8 Å². The van der Waals surface area contributed by atoms with Gasteiger partial charge in [0, 0.05) is 12.4 Å². The molecule has 34 heavy (non-hydrogen) atoms. The number of nitrogens with zero attached hydrogens (tertiary/aromatic N) is 2. The number of aromatic nitrogens is 2. The Morgan fingerprint density at radius 1 is 1.12 bits per heavy atom. The van der Waals surface area contributed by atoms with Crippen molar-refractivity contribution in [1.29, 1.82) is 0 Å². The van der Waals surface area contributed by atoms with Gasteiger partial charge in [-0.3, -0.25) is 0 Å². The van der Waals surface area contributed by atoms with Gasteiger partial charge in [-0.25, -0.2) is 37.1 Å². The SMILES string of the molecule is NS(=O)(=O)c1ccc(Nc2ncc([C@@H]3CC[C@H](OC(=O)N[C@H]4CCCC[C@H]4F)C3)cn2)c(F)c1. The second-order valence-corrected chi connectivity index (χ2v) is 10.3. The smallest absolute Gasteiger partial charge is 0.407 e. The molecule has 0 radical (unpaired) electrons. The number of rotatable bonds is 6. The summed E-state index contributed by atoms with van der Waals surface area (Å²) in [6.45, 7) is 0. The van der Waals surface area contributed by atoms with Crippen LogP contribution in [0.4, 0.5) is 25.2 Å². The molecule has 4 atom stereocenters. The maximum Gasteiger partial charge on any atom is 0.407 e. The quantitative estimate of drug-likeness (QED) is 0.556. The third-order valence-corrected chi connectivity index (χ3v) is 7.21. The summed E-state index contributed by atoms with van der Waals surface area (Å²) in [7, 11) is -4.00. The van der Waals surface area contributed by atoms with Crippen LogP contribution in [0.15, 0.2) is 35.5 Å². The van der Waals surface area contributed by atoms with Crippen molar-refractivity contribution in [1.82, 2.24) is 15.3 Å². The van der Waals surface area contributed by atoms with Crippen LogP contribution in [0.25, 0.3) is 0 Å². The predicted molar refractivity (Wildman–Crippen MR) is 120 cm³/mol. The summed E-state index contributed by atoms with van der Waals surface area (Å²) >= 11 is 0. The number of primary sulfonamides is 1. The summed E-state index contributed by atoms with van der Waals surface area (Å²) in [5.74, 6) is -0.564. The van der Waals surface area contributed by atoms with Gasteiger partial charge in [-0.2, -0.15) is 0 Å². The Morgan fingerprint density at radius 3 is 2.53 bits per heavy atom. The minimum absolute atomic E-state index is 0.00831. The van der Waals surface area contributed by atoms with Gasteiger partial charge in [-0.15, -0.1) is 0 Å². The van der Waals surface area contributed by atoms with Crippen LogP contribution in [0.1, 0.15) is 56.4 Å². The Kier molecular flexibility index (Phi) is 7.27. The number of alkyl carbamates (subject to hydrolysis) is 1.